The summed E-state index contributed by atoms with van der Waals surface area (Å²) in [6, 6.07) is 39.3. The summed E-state index contributed by atoms with van der Waals surface area (Å²) in [5, 5.41) is 3.67. The lowest BCUT2D eigenvalue weighted by Gasteiger charge is -2.19. The van der Waals surface area contributed by atoms with E-state index in [1.54, 1.807) is 0 Å². The molecule has 3 nitrogen and oxygen atoms in total. The van der Waals surface area contributed by atoms with Crippen LogP contribution in [0.4, 0.5) is 5.69 Å². The smallest absolute Gasteiger partial charge is 0.266 e. The van der Waals surface area contributed by atoms with Gasteiger partial charge in [0.25, 0.3) is 11.8 Å². The molecule has 198 valence electrons. The Labute approximate surface area is 239 Å². The molecule has 0 aromatic heterocycles. The van der Waals surface area contributed by atoms with Gasteiger partial charge >= 0.3 is 0 Å². The van der Waals surface area contributed by atoms with E-state index in [4.69, 9.17) is 0 Å². The van der Waals surface area contributed by atoms with Gasteiger partial charge in [-0.1, -0.05) is 115 Å². The van der Waals surface area contributed by atoms with Crippen molar-refractivity contribution in [3.8, 4) is 0 Å². The Morgan fingerprint density at radius 1 is 0.463 bits per heavy atom. The Morgan fingerprint density at radius 3 is 1.34 bits per heavy atom. The normalized spacial score (nSPS) is 12.9. The van der Waals surface area contributed by atoms with Crippen molar-refractivity contribution in [2.45, 2.75) is 26.7 Å². The molecule has 7 rings (SSSR count). The first-order valence-corrected chi connectivity index (χ1v) is 14.0. The van der Waals surface area contributed by atoms with Crippen molar-refractivity contribution < 1.29 is 9.59 Å². The number of benzene rings is 6. The molecule has 0 N–H and O–H groups in total. The molecular weight excluding hydrogens is 502 g/mol. The minimum Gasteiger partial charge on any atom is -0.268 e. The van der Waals surface area contributed by atoms with E-state index in [2.05, 4.69) is 72.8 Å². The second kappa shape index (κ2) is 9.87. The zero-order valence-electron chi connectivity index (χ0n) is 23.1. The zero-order valence-corrected chi connectivity index (χ0v) is 23.1. The first-order chi connectivity index (χ1) is 20.0. The standard InChI is InChI=1S/C38H29NO2/c1-24-10-9-11-25(2)36(24)39-37(40)34-30-18-16-28(20-26-12-5-3-6-13-26)22-32(30)33-23-29(21-27-14-7-4-8-15-27)17-19-31(33)35(34)38(39)41/h3-19,22-23H,20-21H2,1-2H3. The number of anilines is 1. The molecule has 0 saturated heterocycles. The van der Waals surface area contributed by atoms with Gasteiger partial charge in [0, 0.05) is 0 Å². The van der Waals surface area contributed by atoms with Crippen molar-refractivity contribution in [2.24, 2.45) is 0 Å². The average molecular weight is 532 g/mol. The number of carbonyl (C=O) groups is 2. The van der Waals surface area contributed by atoms with Gasteiger partial charge < -0.3 is 0 Å². The van der Waals surface area contributed by atoms with E-state index >= 15 is 0 Å². The molecule has 0 atom stereocenters. The van der Waals surface area contributed by atoms with Gasteiger partial charge in [0.15, 0.2) is 0 Å². The van der Waals surface area contributed by atoms with Crippen LogP contribution in [-0.4, -0.2) is 11.8 Å². The molecule has 3 heteroatoms. The van der Waals surface area contributed by atoms with Crippen LogP contribution in [0.1, 0.15) is 54.1 Å². The molecule has 6 aromatic carbocycles. The lowest BCUT2D eigenvalue weighted by Crippen LogP contribution is -2.30. The Bertz CT molecular complexity index is 1850. The van der Waals surface area contributed by atoms with Gasteiger partial charge in [-0.05, 0) is 81.6 Å². The van der Waals surface area contributed by atoms with Crippen molar-refractivity contribution >= 4 is 39.0 Å². The molecule has 0 spiro atoms. The van der Waals surface area contributed by atoms with Gasteiger partial charge in [-0.3, -0.25) is 9.59 Å². The van der Waals surface area contributed by atoms with Crippen molar-refractivity contribution in [1.29, 1.82) is 0 Å². The third-order valence-corrected chi connectivity index (χ3v) is 8.25. The second-order valence-electron chi connectivity index (χ2n) is 11.0. The lowest BCUT2D eigenvalue weighted by atomic mass is 9.89. The summed E-state index contributed by atoms with van der Waals surface area (Å²) in [7, 11) is 0. The maximum atomic E-state index is 14.2. The Morgan fingerprint density at radius 2 is 0.902 bits per heavy atom. The van der Waals surface area contributed by atoms with Crippen LogP contribution in [0.15, 0.2) is 115 Å². The first kappa shape index (κ1) is 25.0. The Kier molecular flexibility index (Phi) is 6.01. The highest BCUT2D eigenvalue weighted by molar-refractivity contribution is 6.42. The fraction of sp³-hybridized carbons (Fsp3) is 0.105. The number of para-hydroxylation sites is 1. The first-order valence-electron chi connectivity index (χ1n) is 14.0. The van der Waals surface area contributed by atoms with E-state index in [0.717, 1.165) is 45.5 Å². The highest BCUT2D eigenvalue weighted by Crippen LogP contribution is 2.42. The Hall–Kier alpha value is -5.02. The maximum absolute atomic E-state index is 14.2. The van der Waals surface area contributed by atoms with Crippen LogP contribution in [0.3, 0.4) is 0 Å². The Balaban J connectivity index is 1.46. The van der Waals surface area contributed by atoms with Crippen LogP contribution in [0, 0.1) is 13.8 Å². The molecule has 0 bridgehead atoms. The predicted octanol–water partition coefficient (Wildman–Crippen LogP) is 8.59. The minimum atomic E-state index is -0.251. The summed E-state index contributed by atoms with van der Waals surface area (Å²) in [5.74, 6) is -0.503. The van der Waals surface area contributed by atoms with Crippen LogP contribution < -0.4 is 4.90 Å². The van der Waals surface area contributed by atoms with Crippen LogP contribution in [0.2, 0.25) is 0 Å². The average Bonchev–Trinajstić information content (AvgIpc) is 3.24. The number of hydrogen-bond donors (Lipinski definition) is 0. The maximum Gasteiger partial charge on any atom is 0.266 e. The van der Waals surface area contributed by atoms with Crippen molar-refractivity contribution in [3.05, 3.63) is 160 Å². The van der Waals surface area contributed by atoms with Gasteiger partial charge in [-0.25, -0.2) is 4.90 Å². The fourth-order valence-electron chi connectivity index (χ4n) is 6.34. The van der Waals surface area contributed by atoms with Gasteiger partial charge in [0.1, 0.15) is 0 Å². The van der Waals surface area contributed by atoms with E-state index in [9.17, 15) is 9.59 Å². The van der Waals surface area contributed by atoms with Crippen molar-refractivity contribution in [3.63, 3.8) is 0 Å². The number of carbonyl (C=O) groups excluding carboxylic acids is 2. The number of aryl methyl sites for hydroxylation is 2. The summed E-state index contributed by atoms with van der Waals surface area (Å²) < 4.78 is 0. The molecular formula is C38H29NO2. The largest absolute Gasteiger partial charge is 0.268 e. The van der Waals surface area contributed by atoms with E-state index in [-0.39, 0.29) is 11.8 Å². The van der Waals surface area contributed by atoms with Crippen LogP contribution >= 0.6 is 0 Å². The quantitative estimate of drug-likeness (QED) is 0.165. The predicted molar refractivity (Wildman–Crippen MR) is 167 cm³/mol. The van der Waals surface area contributed by atoms with Crippen LogP contribution in [-0.2, 0) is 12.8 Å². The molecule has 1 heterocycles. The zero-order chi connectivity index (χ0) is 28.1. The number of amides is 2. The molecule has 0 aliphatic carbocycles. The van der Waals surface area contributed by atoms with Crippen LogP contribution in [0.25, 0.3) is 21.5 Å². The van der Waals surface area contributed by atoms with E-state index < -0.39 is 0 Å². The molecule has 1 aliphatic rings. The third-order valence-electron chi connectivity index (χ3n) is 8.25. The molecule has 1 aliphatic heterocycles. The molecule has 0 saturated carbocycles. The summed E-state index contributed by atoms with van der Waals surface area (Å²) in [6.45, 7) is 3.90. The second-order valence-corrected chi connectivity index (χ2v) is 11.0. The molecule has 0 unspecified atom stereocenters. The number of rotatable bonds is 5. The fourth-order valence-corrected chi connectivity index (χ4v) is 6.34. The highest BCUT2D eigenvalue weighted by atomic mass is 16.2. The van der Waals surface area contributed by atoms with E-state index in [1.807, 2.05) is 56.3 Å². The SMILES string of the molecule is Cc1cccc(C)c1N1C(=O)c2c(c3ccc(Cc4ccccc4)cc3c3cc(Cc4ccccc4)ccc23)C1=O. The highest BCUT2D eigenvalue weighted by Gasteiger charge is 2.41. The van der Waals surface area contributed by atoms with Gasteiger partial charge in [0.05, 0.1) is 16.8 Å². The van der Waals surface area contributed by atoms with Gasteiger partial charge in [0.2, 0.25) is 0 Å². The summed E-state index contributed by atoms with van der Waals surface area (Å²) in [5.41, 5.74) is 8.30. The lowest BCUT2D eigenvalue weighted by molar-refractivity contribution is 0.0926. The summed E-state index contributed by atoms with van der Waals surface area (Å²) in [6.07, 6.45) is 1.58. The third kappa shape index (κ3) is 4.22. The summed E-state index contributed by atoms with van der Waals surface area (Å²) >= 11 is 0. The number of nitrogens with zero attached hydrogens (tertiary/aromatic N) is 1. The minimum absolute atomic E-state index is 0.251. The molecule has 0 radical (unpaired) electrons. The van der Waals surface area contributed by atoms with Crippen molar-refractivity contribution in [2.75, 3.05) is 4.90 Å². The van der Waals surface area contributed by atoms with E-state index in [0.29, 0.717) is 16.8 Å². The molecule has 6 aromatic rings. The van der Waals surface area contributed by atoms with E-state index in [1.165, 1.54) is 27.2 Å². The van der Waals surface area contributed by atoms with Crippen LogP contribution in [0.5, 0.6) is 0 Å². The van der Waals surface area contributed by atoms with Crippen molar-refractivity contribution in [1.82, 2.24) is 0 Å². The number of fused-ring (bicyclic) bond motifs is 6. The molecule has 0 fully saturated rings. The monoisotopic (exact) mass is 531 g/mol. The number of imide groups is 1. The molecule has 41 heavy (non-hydrogen) atoms. The number of hydrogen-bond acceptors (Lipinski definition) is 2. The topological polar surface area (TPSA) is 37.4 Å². The van der Waals surface area contributed by atoms with Gasteiger partial charge in [-0.2, -0.15) is 0 Å². The summed E-state index contributed by atoms with van der Waals surface area (Å²) in [4.78, 5) is 29.7. The molecule has 2 amide bonds. The van der Waals surface area contributed by atoms with Gasteiger partial charge in [-0.15, -0.1) is 0 Å².